The molecule has 2 atom stereocenters. The summed E-state index contributed by atoms with van der Waals surface area (Å²) >= 11 is 1.42. The zero-order valence-electron chi connectivity index (χ0n) is 19.3. The second kappa shape index (κ2) is 9.16. The minimum Gasteiger partial charge on any atom is -0.465 e. The Kier molecular flexibility index (Phi) is 6.74. The van der Waals surface area contributed by atoms with Crippen molar-refractivity contribution in [1.82, 2.24) is 20.4 Å². The fraction of sp³-hybridized carbons (Fsp3) is 0.375. The van der Waals surface area contributed by atoms with Crippen LogP contribution < -0.4 is 10.6 Å². The molecule has 1 unspecified atom stereocenters. The second-order valence-corrected chi connectivity index (χ2v) is 10.3. The lowest BCUT2D eigenvalue weighted by molar-refractivity contribution is 0.0904. The Balaban J connectivity index is 1.97. The van der Waals surface area contributed by atoms with Gasteiger partial charge in [-0.1, -0.05) is 51.1 Å². The SMILES string of the molecule is Cc1cnn(C)c1-c1cc(C(=O)N[C@@H](c2ccccc2)C(NC(=O)O)C(C)(C)C)sc1C. The molecule has 32 heavy (non-hydrogen) atoms. The van der Waals surface area contributed by atoms with Crippen molar-refractivity contribution in [1.29, 1.82) is 0 Å². The lowest BCUT2D eigenvalue weighted by atomic mass is 9.79. The van der Waals surface area contributed by atoms with E-state index in [4.69, 9.17) is 0 Å². The van der Waals surface area contributed by atoms with Gasteiger partial charge in [-0.2, -0.15) is 5.10 Å². The fourth-order valence-corrected chi connectivity index (χ4v) is 4.85. The van der Waals surface area contributed by atoms with Gasteiger partial charge in [0, 0.05) is 17.5 Å². The highest BCUT2D eigenvalue weighted by Crippen LogP contribution is 2.34. The van der Waals surface area contributed by atoms with Gasteiger partial charge in [0.2, 0.25) is 0 Å². The number of benzene rings is 1. The Morgan fingerprint density at radius 3 is 2.31 bits per heavy atom. The Morgan fingerprint density at radius 1 is 1.12 bits per heavy atom. The molecule has 1 aromatic carbocycles. The monoisotopic (exact) mass is 454 g/mol. The average Bonchev–Trinajstić information content (AvgIpc) is 3.25. The Labute approximate surface area is 192 Å². The van der Waals surface area contributed by atoms with E-state index in [9.17, 15) is 14.7 Å². The first-order chi connectivity index (χ1) is 15.0. The smallest absolute Gasteiger partial charge is 0.404 e. The summed E-state index contributed by atoms with van der Waals surface area (Å²) < 4.78 is 1.81. The van der Waals surface area contributed by atoms with Crippen LogP contribution >= 0.6 is 11.3 Å². The number of amides is 2. The Morgan fingerprint density at radius 2 is 1.78 bits per heavy atom. The molecule has 0 aliphatic heterocycles. The van der Waals surface area contributed by atoms with Crippen molar-refractivity contribution in [2.24, 2.45) is 12.5 Å². The minimum atomic E-state index is -1.12. The van der Waals surface area contributed by atoms with Gasteiger partial charge in [0.25, 0.3) is 5.91 Å². The van der Waals surface area contributed by atoms with E-state index >= 15 is 0 Å². The number of nitrogens with one attached hydrogen (secondary N) is 2. The van der Waals surface area contributed by atoms with Crippen molar-refractivity contribution in [2.45, 2.75) is 46.7 Å². The van der Waals surface area contributed by atoms with Crippen LogP contribution in [0.5, 0.6) is 0 Å². The highest BCUT2D eigenvalue weighted by molar-refractivity contribution is 7.14. The summed E-state index contributed by atoms with van der Waals surface area (Å²) in [5, 5.41) is 19.5. The molecule has 2 aromatic heterocycles. The van der Waals surface area contributed by atoms with Gasteiger partial charge in [-0.3, -0.25) is 9.48 Å². The molecule has 0 bridgehead atoms. The number of hydrogen-bond donors (Lipinski definition) is 3. The van der Waals surface area contributed by atoms with Crippen LogP contribution in [0.1, 0.15) is 52.5 Å². The molecule has 0 aliphatic rings. The number of thiophene rings is 1. The first-order valence-corrected chi connectivity index (χ1v) is 11.3. The van der Waals surface area contributed by atoms with Crippen LogP contribution in [0.15, 0.2) is 42.6 Å². The number of hydrogen-bond acceptors (Lipinski definition) is 4. The predicted octanol–water partition coefficient (Wildman–Crippen LogP) is 4.92. The lowest BCUT2D eigenvalue weighted by Gasteiger charge is -2.37. The van der Waals surface area contributed by atoms with E-state index in [1.54, 1.807) is 0 Å². The number of carboxylic acid groups (broad SMARTS) is 1. The van der Waals surface area contributed by atoms with E-state index < -0.39 is 23.6 Å². The number of carbonyl (C=O) groups excluding carboxylic acids is 1. The van der Waals surface area contributed by atoms with E-state index in [1.807, 2.05) is 88.9 Å². The first kappa shape index (κ1) is 23.5. The third-order valence-electron chi connectivity index (χ3n) is 5.51. The van der Waals surface area contributed by atoms with Gasteiger partial charge in [0.05, 0.1) is 28.9 Å². The summed E-state index contributed by atoms with van der Waals surface area (Å²) in [5.74, 6) is -0.237. The van der Waals surface area contributed by atoms with Crippen molar-refractivity contribution in [3.63, 3.8) is 0 Å². The van der Waals surface area contributed by atoms with Gasteiger partial charge < -0.3 is 15.7 Å². The zero-order valence-corrected chi connectivity index (χ0v) is 20.1. The van der Waals surface area contributed by atoms with Crippen LogP contribution in [0, 0.1) is 19.3 Å². The summed E-state index contributed by atoms with van der Waals surface area (Å²) in [6, 6.07) is 10.3. The van der Waals surface area contributed by atoms with Crippen molar-refractivity contribution in [3.8, 4) is 11.3 Å². The highest BCUT2D eigenvalue weighted by atomic mass is 32.1. The number of aromatic nitrogens is 2. The second-order valence-electron chi connectivity index (χ2n) is 9.04. The molecule has 0 aliphatic carbocycles. The van der Waals surface area contributed by atoms with E-state index in [0.29, 0.717) is 4.88 Å². The third kappa shape index (κ3) is 5.02. The minimum absolute atomic E-state index is 0.237. The van der Waals surface area contributed by atoms with Crippen molar-refractivity contribution in [3.05, 3.63) is 63.5 Å². The summed E-state index contributed by atoms with van der Waals surface area (Å²) in [7, 11) is 1.89. The molecule has 170 valence electrons. The van der Waals surface area contributed by atoms with Crippen LogP contribution in [0.2, 0.25) is 0 Å². The van der Waals surface area contributed by atoms with Crippen LogP contribution in [0.4, 0.5) is 4.79 Å². The van der Waals surface area contributed by atoms with Crippen LogP contribution in [0.25, 0.3) is 11.3 Å². The van der Waals surface area contributed by atoms with Crippen molar-refractivity contribution < 1.29 is 14.7 Å². The van der Waals surface area contributed by atoms with Crippen LogP contribution in [0.3, 0.4) is 0 Å². The molecule has 0 spiro atoms. The van der Waals surface area contributed by atoms with Gasteiger partial charge in [0.15, 0.2) is 0 Å². The molecule has 0 fully saturated rings. The Hall–Kier alpha value is -3.13. The largest absolute Gasteiger partial charge is 0.465 e. The summed E-state index contributed by atoms with van der Waals surface area (Å²) in [4.78, 5) is 26.5. The quantitative estimate of drug-likeness (QED) is 0.493. The highest BCUT2D eigenvalue weighted by Gasteiger charge is 2.36. The maximum absolute atomic E-state index is 13.4. The standard InChI is InChI=1S/C24H30N4O3S/c1-14-13-25-28(6)20(14)17-12-18(32-15(17)2)22(29)26-19(16-10-8-7-9-11-16)21(24(3,4)5)27-23(30)31/h7-13,19,21,27H,1-6H3,(H,26,29)(H,30,31)/t19-,21?/m0/s1. The number of nitrogens with zero attached hydrogens (tertiary/aromatic N) is 2. The molecule has 7 nitrogen and oxygen atoms in total. The van der Waals surface area contributed by atoms with E-state index in [2.05, 4.69) is 15.7 Å². The number of carbonyl (C=O) groups is 2. The molecular weight excluding hydrogens is 424 g/mol. The molecule has 3 rings (SSSR count). The molecule has 2 amide bonds. The molecule has 8 heteroatoms. The molecule has 2 heterocycles. The van der Waals surface area contributed by atoms with Crippen molar-refractivity contribution >= 4 is 23.3 Å². The predicted molar refractivity (Wildman–Crippen MR) is 127 cm³/mol. The molecular formula is C24H30N4O3S. The summed E-state index contributed by atoms with van der Waals surface area (Å²) in [5.41, 5.74) is 3.41. The molecule has 3 aromatic rings. The van der Waals surface area contributed by atoms with Gasteiger partial charge in [-0.05, 0) is 36.5 Å². The molecule has 0 radical (unpaired) electrons. The fourth-order valence-electron chi connectivity index (χ4n) is 3.93. The van der Waals surface area contributed by atoms with Crippen molar-refractivity contribution in [2.75, 3.05) is 0 Å². The maximum Gasteiger partial charge on any atom is 0.404 e. The summed E-state index contributed by atoms with van der Waals surface area (Å²) in [6.07, 6.45) is 0.685. The maximum atomic E-state index is 13.4. The molecule has 0 saturated heterocycles. The van der Waals surface area contributed by atoms with E-state index in [-0.39, 0.29) is 5.91 Å². The topological polar surface area (TPSA) is 96.3 Å². The number of aryl methyl sites for hydroxylation is 3. The number of rotatable bonds is 6. The van der Waals surface area contributed by atoms with Crippen LogP contribution in [-0.2, 0) is 7.05 Å². The van der Waals surface area contributed by atoms with Gasteiger partial charge in [-0.15, -0.1) is 11.3 Å². The average molecular weight is 455 g/mol. The first-order valence-electron chi connectivity index (χ1n) is 10.4. The lowest BCUT2D eigenvalue weighted by Crippen LogP contribution is -2.52. The normalized spacial score (nSPS) is 13.4. The summed E-state index contributed by atoms with van der Waals surface area (Å²) in [6.45, 7) is 9.84. The molecule has 0 saturated carbocycles. The Bertz CT molecular complexity index is 1090. The molecule has 3 N–H and O–H groups in total. The third-order valence-corrected chi connectivity index (χ3v) is 6.56. The van der Waals surface area contributed by atoms with Gasteiger partial charge in [-0.25, -0.2) is 4.79 Å². The van der Waals surface area contributed by atoms with Gasteiger partial charge >= 0.3 is 6.09 Å². The van der Waals surface area contributed by atoms with Crippen LogP contribution in [-0.4, -0.2) is 32.9 Å². The zero-order chi connectivity index (χ0) is 23.6. The van der Waals surface area contributed by atoms with E-state index in [1.165, 1.54) is 11.3 Å². The van der Waals surface area contributed by atoms with E-state index in [0.717, 1.165) is 27.3 Å². The van der Waals surface area contributed by atoms with Gasteiger partial charge in [0.1, 0.15) is 0 Å².